The lowest BCUT2D eigenvalue weighted by atomic mass is 9.81. The SMILES string of the molecule is CC#Cc1cncc(-c2cc([C@@]34N=C(NC(=O)OC(C)(C)C)SC[C@@H]3CCO4)c(F)cc2F)c1.CC#Cc1cncc(B(O)O)c1.CC(C)(C)OC(=O)NC1=N[C@@]2(c3cc(Br)c(F)cc3F)OCC[C@H]2CS1. The summed E-state index contributed by atoms with van der Waals surface area (Å²) in [5, 5.41) is 23.3. The monoisotopic (exact) mass is 1090 g/mol. The molecule has 8 rings (SSSR count). The third-order valence-corrected chi connectivity index (χ3v) is 13.4. The van der Waals surface area contributed by atoms with Crippen LogP contribution in [0.15, 0.2) is 75.6 Å². The smallest absolute Gasteiger partial charge is 0.444 e. The molecule has 0 bridgehead atoms. The minimum atomic E-state index is -1.48. The standard InChI is InChI=1S/C25H25F2N3O3S.C17H19BrF2N2O3S.C8H8BNO2/c1-5-6-15-9-16(13-28-12-15)18-10-19(21(27)11-20(18)26)25-17(7-8-32-25)14-34-22(30-25)29-23(31)33-24(2,3)4;1-16(2,3)25-15(23)21-14-22-17(9(8-26-14)4-5-24-17)10-6-11(18)13(20)7-12(10)19;1-2-3-7-4-8(9(11)12)6-10-5-7/h9-13,17H,7-8,14H2,1-4H3,(H,29,30,31);6-7,9H,4-5,8H2,1-3H3,(H,21,22,23);4-6,11-12H,1H3/t17-,25+;9-,17+;/m00./s1. The highest BCUT2D eigenvalue weighted by molar-refractivity contribution is 9.10. The summed E-state index contributed by atoms with van der Waals surface area (Å²) in [5.74, 6) is 9.13. The van der Waals surface area contributed by atoms with E-state index in [0.717, 1.165) is 12.1 Å². The molecule has 2 aromatic carbocycles. The number of hydrogen-bond acceptors (Lipinski definition) is 14. The van der Waals surface area contributed by atoms with E-state index in [1.54, 1.807) is 79.9 Å². The number of aliphatic imine (C=N–C) groups is 2. The number of amidine groups is 2. The second-order valence-electron chi connectivity index (χ2n) is 18.4. The Kier molecular flexibility index (Phi) is 18.3. The Morgan fingerprint density at radius 3 is 1.67 bits per heavy atom. The van der Waals surface area contributed by atoms with Crippen molar-refractivity contribution in [3.8, 4) is 34.8 Å². The van der Waals surface area contributed by atoms with Crippen LogP contribution in [-0.4, -0.2) is 85.6 Å². The van der Waals surface area contributed by atoms with Gasteiger partial charge in [0.1, 0.15) is 34.5 Å². The Morgan fingerprint density at radius 1 is 0.708 bits per heavy atom. The first-order valence-electron chi connectivity index (χ1n) is 22.5. The van der Waals surface area contributed by atoms with Gasteiger partial charge in [0.25, 0.3) is 0 Å². The summed E-state index contributed by atoms with van der Waals surface area (Å²) >= 11 is 5.78. The number of carbonyl (C=O) groups is 2. The third-order valence-electron chi connectivity index (χ3n) is 10.8. The van der Waals surface area contributed by atoms with E-state index in [4.69, 9.17) is 29.0 Å². The number of rotatable bonds is 4. The van der Waals surface area contributed by atoms with Crippen LogP contribution in [0.5, 0.6) is 0 Å². The highest BCUT2D eigenvalue weighted by Crippen LogP contribution is 2.50. The van der Waals surface area contributed by atoms with Gasteiger partial charge in [-0.15, -0.1) is 11.8 Å². The molecule has 0 aliphatic carbocycles. The van der Waals surface area contributed by atoms with Crippen LogP contribution in [0.2, 0.25) is 0 Å². The molecular weight excluding hydrogens is 1040 g/mol. The van der Waals surface area contributed by atoms with Crippen molar-refractivity contribution in [1.29, 1.82) is 0 Å². The summed E-state index contributed by atoms with van der Waals surface area (Å²) in [4.78, 5) is 41.4. The highest BCUT2D eigenvalue weighted by Gasteiger charge is 2.52. The average molecular weight is 1100 g/mol. The van der Waals surface area contributed by atoms with Crippen molar-refractivity contribution in [2.45, 2.75) is 90.9 Å². The van der Waals surface area contributed by atoms with E-state index in [1.165, 1.54) is 48.1 Å². The van der Waals surface area contributed by atoms with E-state index in [-0.39, 0.29) is 43.3 Å². The summed E-state index contributed by atoms with van der Waals surface area (Å²) in [5.41, 5.74) is -1.44. The fraction of sp³-hybridized carbons (Fsp3) is 0.400. The number of aromatic nitrogens is 2. The van der Waals surface area contributed by atoms with Gasteiger partial charge in [-0.25, -0.2) is 37.1 Å². The number of hydrogen-bond donors (Lipinski definition) is 4. The largest absolute Gasteiger partial charge is 0.490 e. The molecule has 6 heterocycles. The molecule has 4 aromatic rings. The molecule has 4 N–H and O–H groups in total. The van der Waals surface area contributed by atoms with E-state index < -0.39 is 65.2 Å². The van der Waals surface area contributed by atoms with Gasteiger partial charge >= 0.3 is 19.3 Å². The van der Waals surface area contributed by atoms with E-state index >= 15 is 4.39 Å². The van der Waals surface area contributed by atoms with Gasteiger partial charge in [0.15, 0.2) is 21.8 Å². The van der Waals surface area contributed by atoms with Crippen molar-refractivity contribution in [2.24, 2.45) is 21.8 Å². The number of thioether (sulfide) groups is 2. The Hall–Kier alpha value is -5.46. The van der Waals surface area contributed by atoms with E-state index in [9.17, 15) is 22.8 Å². The second-order valence-corrected chi connectivity index (χ2v) is 21.3. The lowest BCUT2D eigenvalue weighted by Gasteiger charge is -2.35. The molecule has 2 amide bonds. The van der Waals surface area contributed by atoms with Gasteiger partial charge in [0.05, 0.1) is 17.7 Å². The Morgan fingerprint density at radius 2 is 1.18 bits per heavy atom. The van der Waals surface area contributed by atoms with Crippen LogP contribution in [0.1, 0.15) is 90.5 Å². The Balaban J connectivity index is 0.000000196. The maximum Gasteiger partial charge on any atom is 0.490 e. The van der Waals surface area contributed by atoms with Crippen LogP contribution in [0, 0.1) is 58.8 Å². The number of fused-ring (bicyclic) bond motifs is 2. The lowest BCUT2D eigenvalue weighted by Crippen LogP contribution is -2.42. The maximum absolute atomic E-state index is 15.2. The van der Waals surface area contributed by atoms with Gasteiger partial charge in [0, 0.05) is 99.1 Å². The average Bonchev–Trinajstić information content (AvgIpc) is 3.92. The molecule has 14 nitrogen and oxygen atoms in total. The van der Waals surface area contributed by atoms with Crippen molar-refractivity contribution >= 4 is 74.6 Å². The van der Waals surface area contributed by atoms with Crippen molar-refractivity contribution in [3.63, 3.8) is 0 Å². The molecule has 2 fully saturated rings. The summed E-state index contributed by atoms with van der Waals surface area (Å²) in [6.07, 6.45) is 6.10. The molecule has 380 valence electrons. The van der Waals surface area contributed by atoms with E-state index in [0.29, 0.717) is 59.7 Å². The molecule has 4 aliphatic rings. The van der Waals surface area contributed by atoms with Crippen LogP contribution in [-0.2, 0) is 30.4 Å². The third kappa shape index (κ3) is 14.0. The number of nitrogens with one attached hydrogen (secondary N) is 2. The van der Waals surface area contributed by atoms with Gasteiger partial charge in [-0.1, -0.05) is 35.4 Å². The molecule has 4 aliphatic heterocycles. The van der Waals surface area contributed by atoms with Crippen molar-refractivity contribution < 1.29 is 56.1 Å². The maximum atomic E-state index is 15.2. The van der Waals surface area contributed by atoms with Crippen LogP contribution in [0.25, 0.3) is 11.1 Å². The Labute approximate surface area is 432 Å². The van der Waals surface area contributed by atoms with E-state index in [1.807, 2.05) is 0 Å². The minimum Gasteiger partial charge on any atom is -0.444 e. The lowest BCUT2D eigenvalue weighted by molar-refractivity contribution is -0.0177. The van der Waals surface area contributed by atoms with Crippen LogP contribution >= 0.6 is 39.5 Å². The van der Waals surface area contributed by atoms with Gasteiger partial charge < -0.3 is 29.0 Å². The molecular formula is C50H52BBrF4N6O8S2. The number of halogens is 5. The number of ether oxygens (including phenoxy) is 4. The first-order chi connectivity index (χ1) is 34.0. The van der Waals surface area contributed by atoms with E-state index in [2.05, 4.69) is 70.2 Å². The summed E-state index contributed by atoms with van der Waals surface area (Å²) < 4.78 is 80.8. The fourth-order valence-corrected chi connectivity index (χ4v) is 10.3. The second kappa shape index (κ2) is 23.6. The zero-order valence-corrected chi connectivity index (χ0v) is 43.8. The molecule has 0 spiro atoms. The quantitative estimate of drug-likeness (QED) is 0.0660. The molecule has 0 radical (unpaired) electrons. The van der Waals surface area contributed by atoms with Crippen molar-refractivity contribution in [1.82, 2.24) is 20.6 Å². The minimum absolute atomic E-state index is 0.0800. The zero-order valence-electron chi connectivity index (χ0n) is 40.6. The first-order valence-corrected chi connectivity index (χ1v) is 25.2. The highest BCUT2D eigenvalue weighted by atomic mass is 79.9. The molecule has 2 aromatic heterocycles. The molecule has 4 atom stereocenters. The van der Waals surface area contributed by atoms with Gasteiger partial charge in [-0.2, -0.15) is 0 Å². The molecule has 2 saturated heterocycles. The van der Waals surface area contributed by atoms with Crippen LogP contribution in [0.4, 0.5) is 27.2 Å². The summed E-state index contributed by atoms with van der Waals surface area (Å²) in [7, 11) is -1.48. The Bertz CT molecular complexity index is 2880. The van der Waals surface area contributed by atoms with Gasteiger partial charge in [0.2, 0.25) is 0 Å². The van der Waals surface area contributed by atoms with Crippen molar-refractivity contribution in [3.05, 3.63) is 111 Å². The summed E-state index contributed by atoms with van der Waals surface area (Å²) in [6.45, 7) is 14.7. The molecule has 0 unspecified atom stereocenters. The topological polar surface area (TPSA) is 186 Å². The molecule has 0 saturated carbocycles. The number of amides is 2. The van der Waals surface area contributed by atoms with Gasteiger partial charge in [-0.05, 0) is 108 Å². The number of benzene rings is 2. The number of carbonyl (C=O) groups excluding carboxylic acids is 2. The fourth-order valence-electron chi connectivity index (χ4n) is 7.78. The number of alkyl carbamates (subject to hydrolysis) is 2. The van der Waals surface area contributed by atoms with Crippen molar-refractivity contribution in [2.75, 3.05) is 24.7 Å². The predicted octanol–water partition coefficient (Wildman–Crippen LogP) is 8.89. The predicted molar refractivity (Wildman–Crippen MR) is 273 cm³/mol. The molecule has 72 heavy (non-hydrogen) atoms. The zero-order chi connectivity index (χ0) is 52.6. The number of nitrogens with zero attached hydrogens (tertiary/aromatic N) is 4. The molecule has 22 heteroatoms. The first kappa shape index (κ1) is 55.9. The van der Waals surface area contributed by atoms with Crippen LogP contribution < -0.4 is 16.1 Å². The number of pyridine rings is 2. The summed E-state index contributed by atoms with van der Waals surface area (Å²) in [6, 6.07) is 7.72. The van der Waals surface area contributed by atoms with Gasteiger partial charge in [-0.3, -0.25) is 20.6 Å². The normalized spacial score (nSPS) is 20.9. The van der Waals surface area contributed by atoms with Crippen LogP contribution in [0.3, 0.4) is 0 Å².